The van der Waals surface area contributed by atoms with Crippen molar-refractivity contribution in [2.45, 2.75) is 17.7 Å². The van der Waals surface area contributed by atoms with Gasteiger partial charge in [0.25, 0.3) is 0 Å². The van der Waals surface area contributed by atoms with E-state index in [-0.39, 0.29) is 16.6 Å². The standard InChI is InChI=1S/C21H19ClN2O4S/c1-14(15-6-3-2-4-7-15)21(25)24-17-10-11-19(20(13-17)29(23,26)27)28-18-9-5-8-16(22)12-18/h2-14H,1H3,(H,24,25)(H2,23,26,27)/t14-/m1/s1. The Bertz CT molecular complexity index is 1130. The molecule has 150 valence electrons. The first kappa shape index (κ1) is 20.9. The molecule has 0 heterocycles. The van der Waals surface area contributed by atoms with Crippen molar-refractivity contribution < 1.29 is 17.9 Å². The monoisotopic (exact) mass is 430 g/mol. The fraction of sp³-hybridized carbons (Fsp3) is 0.0952. The number of nitrogens with one attached hydrogen (secondary N) is 1. The molecule has 0 bridgehead atoms. The first-order valence-electron chi connectivity index (χ1n) is 8.70. The number of halogens is 1. The summed E-state index contributed by atoms with van der Waals surface area (Å²) in [6, 6.07) is 20.0. The van der Waals surface area contributed by atoms with Crippen molar-refractivity contribution in [3.63, 3.8) is 0 Å². The zero-order valence-electron chi connectivity index (χ0n) is 15.5. The minimum atomic E-state index is -4.10. The lowest BCUT2D eigenvalue weighted by Crippen LogP contribution is -2.19. The van der Waals surface area contributed by atoms with Gasteiger partial charge in [0.2, 0.25) is 15.9 Å². The lowest BCUT2D eigenvalue weighted by Gasteiger charge is -2.15. The Kier molecular flexibility index (Phi) is 6.22. The van der Waals surface area contributed by atoms with Crippen LogP contribution in [0.2, 0.25) is 5.02 Å². The SMILES string of the molecule is C[C@@H](C(=O)Nc1ccc(Oc2cccc(Cl)c2)c(S(N)(=O)=O)c1)c1ccccc1. The Morgan fingerprint density at radius 3 is 2.41 bits per heavy atom. The summed E-state index contributed by atoms with van der Waals surface area (Å²) in [7, 11) is -4.10. The van der Waals surface area contributed by atoms with Crippen LogP contribution < -0.4 is 15.2 Å². The van der Waals surface area contributed by atoms with Crippen LogP contribution in [0.3, 0.4) is 0 Å². The molecule has 0 aliphatic rings. The lowest BCUT2D eigenvalue weighted by molar-refractivity contribution is -0.117. The molecule has 3 aromatic rings. The van der Waals surface area contributed by atoms with E-state index in [2.05, 4.69) is 5.32 Å². The number of primary sulfonamides is 1. The number of anilines is 1. The molecular weight excluding hydrogens is 412 g/mol. The van der Waals surface area contributed by atoms with Crippen LogP contribution in [0.25, 0.3) is 0 Å². The van der Waals surface area contributed by atoms with E-state index in [0.717, 1.165) is 5.56 Å². The van der Waals surface area contributed by atoms with E-state index in [9.17, 15) is 13.2 Å². The number of rotatable bonds is 6. The van der Waals surface area contributed by atoms with Crippen molar-refractivity contribution in [2.24, 2.45) is 5.14 Å². The van der Waals surface area contributed by atoms with Gasteiger partial charge in [-0.25, -0.2) is 13.6 Å². The maximum atomic E-state index is 12.5. The first-order chi connectivity index (χ1) is 13.7. The highest BCUT2D eigenvalue weighted by Gasteiger charge is 2.20. The predicted octanol–water partition coefficient (Wildman–Crippen LogP) is 4.52. The second-order valence-electron chi connectivity index (χ2n) is 6.39. The van der Waals surface area contributed by atoms with Crippen molar-refractivity contribution in [3.05, 3.63) is 83.4 Å². The van der Waals surface area contributed by atoms with Gasteiger partial charge in [0.15, 0.2) is 0 Å². The highest BCUT2D eigenvalue weighted by atomic mass is 35.5. The van der Waals surface area contributed by atoms with Crippen LogP contribution >= 0.6 is 11.6 Å². The quantitative estimate of drug-likeness (QED) is 0.600. The summed E-state index contributed by atoms with van der Waals surface area (Å²) in [6.45, 7) is 1.77. The Morgan fingerprint density at radius 2 is 1.76 bits per heavy atom. The highest BCUT2D eigenvalue weighted by molar-refractivity contribution is 7.89. The maximum Gasteiger partial charge on any atom is 0.241 e. The van der Waals surface area contributed by atoms with Crippen LogP contribution in [0.15, 0.2) is 77.7 Å². The van der Waals surface area contributed by atoms with Gasteiger partial charge in [-0.15, -0.1) is 0 Å². The molecular formula is C21H19ClN2O4S. The lowest BCUT2D eigenvalue weighted by atomic mass is 10.0. The van der Waals surface area contributed by atoms with Gasteiger partial charge >= 0.3 is 0 Å². The molecule has 0 unspecified atom stereocenters. The second kappa shape index (κ2) is 8.65. The number of carbonyl (C=O) groups excluding carboxylic acids is 1. The number of hydrogen-bond donors (Lipinski definition) is 2. The molecule has 0 saturated carbocycles. The molecule has 0 aromatic heterocycles. The van der Waals surface area contributed by atoms with Crippen LogP contribution in [0.1, 0.15) is 18.4 Å². The Hall–Kier alpha value is -2.87. The minimum absolute atomic E-state index is 0.0314. The van der Waals surface area contributed by atoms with Crippen molar-refractivity contribution >= 4 is 33.2 Å². The van der Waals surface area contributed by atoms with Gasteiger partial charge in [0.05, 0.1) is 5.92 Å². The van der Waals surface area contributed by atoms with E-state index in [4.69, 9.17) is 21.5 Å². The van der Waals surface area contributed by atoms with E-state index in [1.54, 1.807) is 37.3 Å². The Morgan fingerprint density at radius 1 is 1.03 bits per heavy atom. The van der Waals surface area contributed by atoms with Gasteiger partial charge in [0.1, 0.15) is 16.4 Å². The van der Waals surface area contributed by atoms with Gasteiger partial charge in [-0.1, -0.05) is 48.0 Å². The number of ether oxygens (including phenoxy) is 1. The number of carbonyl (C=O) groups is 1. The molecule has 0 radical (unpaired) electrons. The molecule has 3 rings (SSSR count). The second-order valence-corrected chi connectivity index (χ2v) is 8.35. The van der Waals surface area contributed by atoms with Gasteiger partial charge in [-0.3, -0.25) is 4.79 Å². The predicted molar refractivity (Wildman–Crippen MR) is 113 cm³/mol. The summed E-state index contributed by atoms with van der Waals surface area (Å²) in [5, 5.41) is 8.51. The molecule has 1 amide bonds. The van der Waals surface area contributed by atoms with Crippen LogP contribution in [0, 0.1) is 0 Å². The smallest absolute Gasteiger partial charge is 0.241 e. The summed E-state index contributed by atoms with van der Waals surface area (Å²) >= 11 is 5.93. The molecule has 0 aliphatic carbocycles. The van der Waals surface area contributed by atoms with Crippen molar-refractivity contribution in [1.82, 2.24) is 0 Å². The van der Waals surface area contributed by atoms with Crippen LogP contribution in [0.4, 0.5) is 5.69 Å². The molecule has 0 aliphatic heterocycles. The summed E-state index contributed by atoms with van der Waals surface area (Å²) in [5.74, 6) is -0.308. The molecule has 0 spiro atoms. The Balaban J connectivity index is 1.87. The zero-order valence-corrected chi connectivity index (χ0v) is 17.1. The van der Waals surface area contributed by atoms with Crippen molar-refractivity contribution in [1.29, 1.82) is 0 Å². The molecule has 8 heteroatoms. The fourth-order valence-corrected chi connectivity index (χ4v) is 3.56. The van der Waals surface area contributed by atoms with Gasteiger partial charge in [-0.05, 0) is 48.9 Å². The van der Waals surface area contributed by atoms with E-state index in [1.165, 1.54) is 12.1 Å². The topological polar surface area (TPSA) is 98.5 Å². The number of benzene rings is 3. The van der Waals surface area contributed by atoms with Gasteiger partial charge in [-0.2, -0.15) is 0 Å². The third-order valence-electron chi connectivity index (χ3n) is 4.23. The van der Waals surface area contributed by atoms with Gasteiger partial charge < -0.3 is 10.1 Å². The van der Waals surface area contributed by atoms with Crippen LogP contribution in [0.5, 0.6) is 11.5 Å². The van der Waals surface area contributed by atoms with E-state index >= 15 is 0 Å². The fourth-order valence-electron chi connectivity index (χ4n) is 2.69. The number of nitrogens with two attached hydrogens (primary N) is 1. The summed E-state index contributed by atoms with van der Waals surface area (Å²) in [6.07, 6.45) is 0. The Labute approximate surface area is 174 Å². The minimum Gasteiger partial charge on any atom is -0.456 e. The molecule has 29 heavy (non-hydrogen) atoms. The van der Waals surface area contributed by atoms with Gasteiger partial charge in [0, 0.05) is 10.7 Å². The number of sulfonamides is 1. The molecule has 1 atom stereocenters. The number of amides is 1. The van der Waals surface area contributed by atoms with E-state index < -0.39 is 15.9 Å². The largest absolute Gasteiger partial charge is 0.456 e. The first-order valence-corrected chi connectivity index (χ1v) is 10.6. The molecule has 3 N–H and O–H groups in total. The average Bonchev–Trinajstić information content (AvgIpc) is 2.68. The summed E-state index contributed by atoms with van der Waals surface area (Å²) < 4.78 is 29.8. The van der Waals surface area contributed by atoms with E-state index in [0.29, 0.717) is 16.5 Å². The molecule has 0 saturated heterocycles. The molecule has 3 aromatic carbocycles. The third kappa shape index (κ3) is 5.35. The highest BCUT2D eigenvalue weighted by Crippen LogP contribution is 2.32. The molecule has 6 nitrogen and oxygen atoms in total. The normalized spacial score (nSPS) is 12.2. The van der Waals surface area contributed by atoms with Crippen molar-refractivity contribution in [2.75, 3.05) is 5.32 Å². The average molecular weight is 431 g/mol. The summed E-state index contributed by atoms with van der Waals surface area (Å²) in [4.78, 5) is 12.3. The summed E-state index contributed by atoms with van der Waals surface area (Å²) in [5.41, 5.74) is 1.14. The van der Waals surface area contributed by atoms with Crippen LogP contribution in [-0.2, 0) is 14.8 Å². The zero-order chi connectivity index (χ0) is 21.0. The maximum absolute atomic E-state index is 12.5. The number of hydrogen-bond acceptors (Lipinski definition) is 4. The van der Waals surface area contributed by atoms with Crippen LogP contribution in [-0.4, -0.2) is 14.3 Å². The van der Waals surface area contributed by atoms with Crippen molar-refractivity contribution in [3.8, 4) is 11.5 Å². The third-order valence-corrected chi connectivity index (χ3v) is 5.40. The molecule has 0 fully saturated rings. The van der Waals surface area contributed by atoms with E-state index in [1.807, 2.05) is 30.3 Å².